The van der Waals surface area contributed by atoms with Gasteiger partial charge in [-0.3, -0.25) is 0 Å². The quantitative estimate of drug-likeness (QED) is 0.769. The Kier molecular flexibility index (Phi) is 0.875. The van der Waals surface area contributed by atoms with Gasteiger partial charge in [-0.25, -0.2) is 14.6 Å². The smallest absolute Gasteiger partial charge is 0.171 e. The van der Waals surface area contributed by atoms with Crippen molar-refractivity contribution in [1.82, 2.24) is 19.7 Å². The third-order valence-electron chi connectivity index (χ3n) is 1.19. The Bertz CT molecular complexity index is 680. The number of aromatic nitrogens is 4. The summed E-state index contributed by atoms with van der Waals surface area (Å²) in [5, 5.41) is 3.59. The maximum atomic E-state index is 7.78. The van der Waals surface area contributed by atoms with Gasteiger partial charge in [0.15, 0.2) is 5.82 Å². The van der Waals surface area contributed by atoms with Gasteiger partial charge >= 0.3 is 0 Å². The number of rotatable bonds is 1. The summed E-state index contributed by atoms with van der Waals surface area (Å²) in [6, 6.07) is 0. The molecule has 66 valence electrons. The average Bonchev–Trinajstić information content (AvgIpc) is 2.58. The monoisotopic (exact) mass is 245 g/mol. The van der Waals surface area contributed by atoms with E-state index in [1.807, 2.05) is 0 Å². The van der Waals surface area contributed by atoms with Crippen LogP contribution in [0, 0.1) is 6.85 Å². The van der Waals surface area contributed by atoms with Crippen LogP contribution in [0.25, 0.3) is 5.82 Å². The van der Waals surface area contributed by atoms with Crippen LogP contribution in [-0.2, 0) is 0 Å². The highest BCUT2D eigenvalue weighted by atomic mass is 79.9. The normalized spacial score (nSPS) is 19.0. The largest absolute Gasteiger partial charge is 0.244 e. The van der Waals surface area contributed by atoms with Crippen molar-refractivity contribution in [1.29, 1.82) is 0 Å². The van der Waals surface area contributed by atoms with E-state index in [1.165, 1.54) is 0 Å². The molecule has 4 nitrogen and oxygen atoms in total. The molecule has 0 aromatic carbocycles. The predicted octanol–water partition coefficient (Wildman–Crippen LogP) is 1.73. The van der Waals surface area contributed by atoms with Gasteiger partial charge in [-0.2, -0.15) is 5.10 Å². The van der Waals surface area contributed by atoms with E-state index in [4.69, 9.17) is 9.60 Å². The van der Waals surface area contributed by atoms with Crippen LogP contribution in [0.2, 0.25) is 0 Å². The summed E-state index contributed by atoms with van der Waals surface area (Å²) in [6.07, 6.45) is -1.83. The summed E-state index contributed by atoms with van der Waals surface area (Å²) >= 11 is 2.94. The first-order valence-corrected chi connectivity index (χ1v) is 4.00. The van der Waals surface area contributed by atoms with Crippen molar-refractivity contribution in [3.8, 4) is 5.82 Å². The highest BCUT2D eigenvalue weighted by molar-refractivity contribution is 9.10. The van der Waals surface area contributed by atoms with Crippen molar-refractivity contribution in [2.24, 2.45) is 0 Å². The van der Waals surface area contributed by atoms with Gasteiger partial charge < -0.3 is 0 Å². The molecule has 0 aliphatic carbocycles. The summed E-state index contributed by atoms with van der Waals surface area (Å²) in [4.78, 5) is 7.40. The topological polar surface area (TPSA) is 43.6 Å². The van der Waals surface area contributed by atoms with Crippen LogP contribution >= 0.6 is 15.9 Å². The molecule has 2 heterocycles. The Hall–Kier alpha value is -1.23. The maximum Gasteiger partial charge on any atom is 0.171 e. The maximum absolute atomic E-state index is 7.78. The van der Waals surface area contributed by atoms with E-state index in [9.17, 15) is 0 Å². The van der Waals surface area contributed by atoms with E-state index in [1.54, 1.807) is 0 Å². The Labute approximate surface area is 93.6 Å². The van der Waals surface area contributed by atoms with Gasteiger partial charge in [0.2, 0.25) is 0 Å². The molecule has 0 saturated heterocycles. The molecule has 0 bridgehead atoms. The minimum Gasteiger partial charge on any atom is -0.244 e. The molecule has 0 N–H and O–H groups in total. The Balaban J connectivity index is 2.70. The van der Waals surface area contributed by atoms with Crippen molar-refractivity contribution in [2.45, 2.75) is 6.85 Å². The number of hydrogen-bond acceptors (Lipinski definition) is 3. The summed E-state index contributed by atoms with van der Waals surface area (Å²) in [5.74, 6) is -0.271. The van der Waals surface area contributed by atoms with Gasteiger partial charge in [0, 0.05) is 10.3 Å². The fourth-order valence-electron chi connectivity index (χ4n) is 0.699. The van der Waals surface area contributed by atoms with Gasteiger partial charge in [0.25, 0.3) is 0 Å². The summed E-state index contributed by atoms with van der Waals surface area (Å²) in [6.45, 7) is -2.67. The molecule has 2 aromatic heterocycles. The lowest BCUT2D eigenvalue weighted by atomic mass is 10.4. The van der Waals surface area contributed by atoms with Crippen LogP contribution in [0.3, 0.4) is 0 Å². The van der Waals surface area contributed by atoms with Crippen LogP contribution in [0.1, 0.15) is 15.2 Å². The molecule has 0 amide bonds. The lowest BCUT2D eigenvalue weighted by Gasteiger charge is -1.97. The SMILES string of the molecule is [2H]c1nc(-n2nc([2H])c(C([2H])([2H])[2H])c2[2H])c([2H])nc1Br. The molecule has 2 rings (SSSR count). The molecule has 0 saturated carbocycles. The molecule has 0 spiro atoms. The van der Waals surface area contributed by atoms with Gasteiger partial charge in [-0.05, 0) is 28.3 Å². The van der Waals surface area contributed by atoms with Crippen LogP contribution in [-0.4, -0.2) is 19.7 Å². The van der Waals surface area contributed by atoms with Crippen molar-refractivity contribution in [3.05, 3.63) is 34.9 Å². The summed E-state index contributed by atoms with van der Waals surface area (Å²) in [5.41, 5.74) is -0.534. The zero-order valence-electron chi connectivity index (χ0n) is 13.2. The van der Waals surface area contributed by atoms with Gasteiger partial charge in [0.05, 0.1) is 24.0 Å². The van der Waals surface area contributed by atoms with Crippen LogP contribution in [0.5, 0.6) is 0 Å². The standard InChI is InChI=1S/C8H7BrN4/c1-6-2-12-13(5-6)8-4-10-7(9)3-11-8/h2-5H,1H3/i1D3,2D,3D,4D,5D. The highest BCUT2D eigenvalue weighted by Gasteiger charge is 1.99. The lowest BCUT2D eigenvalue weighted by molar-refractivity contribution is 0.835. The van der Waals surface area contributed by atoms with E-state index in [0.717, 1.165) is 4.68 Å². The Morgan fingerprint density at radius 1 is 1.46 bits per heavy atom. The number of hydrogen-bond donors (Lipinski definition) is 0. The Morgan fingerprint density at radius 3 is 3.15 bits per heavy atom. The molecule has 0 aliphatic heterocycles. The second-order valence-electron chi connectivity index (χ2n) is 2.07. The van der Waals surface area contributed by atoms with Gasteiger partial charge in [0.1, 0.15) is 4.60 Å². The number of nitrogens with zero attached hydrogens (tertiary/aromatic N) is 4. The van der Waals surface area contributed by atoms with Gasteiger partial charge in [-0.15, -0.1) is 0 Å². The van der Waals surface area contributed by atoms with Gasteiger partial charge in [-0.1, -0.05) is 0 Å². The molecular weight excluding hydrogens is 232 g/mol. The fraction of sp³-hybridized carbons (Fsp3) is 0.125. The first-order valence-electron chi connectivity index (χ1n) is 6.70. The molecule has 0 radical (unpaired) electrons. The molecular formula is C8H7BrN4. The molecule has 0 unspecified atom stereocenters. The van der Waals surface area contributed by atoms with Crippen LogP contribution in [0.15, 0.2) is 29.3 Å². The van der Waals surface area contributed by atoms with Crippen molar-refractivity contribution >= 4 is 15.9 Å². The van der Waals surface area contributed by atoms with E-state index in [0.29, 0.717) is 0 Å². The minimum absolute atomic E-state index is 0.0482. The van der Waals surface area contributed by atoms with Crippen LogP contribution in [0.4, 0.5) is 0 Å². The first kappa shape index (κ1) is 3.49. The lowest BCUT2D eigenvalue weighted by Crippen LogP contribution is -1.97. The van der Waals surface area contributed by atoms with E-state index in [2.05, 4.69) is 31.0 Å². The molecule has 0 fully saturated rings. The van der Waals surface area contributed by atoms with E-state index in [-0.39, 0.29) is 22.8 Å². The molecule has 13 heavy (non-hydrogen) atoms. The molecule has 2 aromatic rings. The summed E-state index contributed by atoms with van der Waals surface area (Å²) in [7, 11) is 0. The predicted molar refractivity (Wildman–Crippen MR) is 51.6 cm³/mol. The van der Waals surface area contributed by atoms with Crippen molar-refractivity contribution < 1.29 is 9.60 Å². The molecule has 5 heteroatoms. The summed E-state index contributed by atoms with van der Waals surface area (Å²) < 4.78 is 53.0. The zero-order valence-corrected chi connectivity index (χ0v) is 7.75. The minimum atomic E-state index is -2.67. The number of halogens is 1. The second-order valence-corrected chi connectivity index (χ2v) is 2.82. The molecule has 0 atom stereocenters. The van der Waals surface area contributed by atoms with Crippen molar-refractivity contribution in [3.63, 3.8) is 0 Å². The second kappa shape index (κ2) is 3.26. The Morgan fingerprint density at radius 2 is 2.38 bits per heavy atom. The average molecular weight is 246 g/mol. The zero-order chi connectivity index (χ0) is 15.2. The third kappa shape index (κ3) is 1.75. The highest BCUT2D eigenvalue weighted by Crippen LogP contribution is 2.06. The molecule has 0 aliphatic rings. The fourth-order valence-corrected chi connectivity index (χ4v) is 0.876. The first-order chi connectivity index (χ1) is 9.12. The third-order valence-corrected chi connectivity index (χ3v) is 1.54. The van der Waals surface area contributed by atoms with Crippen LogP contribution < -0.4 is 0 Å². The van der Waals surface area contributed by atoms with Crippen molar-refractivity contribution in [2.75, 3.05) is 0 Å². The van der Waals surface area contributed by atoms with E-state index < -0.39 is 24.8 Å². The van der Waals surface area contributed by atoms with E-state index >= 15 is 0 Å².